The van der Waals surface area contributed by atoms with Crippen molar-refractivity contribution in [1.29, 1.82) is 0 Å². The Hall–Kier alpha value is -0.640. The molecule has 122 valence electrons. The average molecular weight is 303 g/mol. The van der Waals surface area contributed by atoms with Gasteiger partial charge in [0.1, 0.15) is 0 Å². The van der Waals surface area contributed by atoms with Gasteiger partial charge in [-0.3, -0.25) is 0 Å². The monoisotopic (exact) mass is 303 g/mol. The zero-order chi connectivity index (χ0) is 15.8. The van der Waals surface area contributed by atoms with Gasteiger partial charge in [-0.2, -0.15) is 0 Å². The number of fused-ring (bicyclic) bond motifs is 5. The van der Waals surface area contributed by atoms with Crippen molar-refractivity contribution in [3.05, 3.63) is 24.3 Å². The Labute approximate surface area is 133 Å². The Bertz CT molecular complexity index is 540. The third kappa shape index (κ3) is 1.68. The van der Waals surface area contributed by atoms with E-state index in [1.807, 2.05) is 13.0 Å². The number of hydrogen-bond donors (Lipinski definition) is 3. The van der Waals surface area contributed by atoms with Crippen LogP contribution in [0.5, 0.6) is 0 Å². The van der Waals surface area contributed by atoms with Crippen LogP contribution in [0.2, 0.25) is 0 Å². The number of aliphatic hydroxyl groups is 2. The molecule has 2 saturated carbocycles. The van der Waals surface area contributed by atoms with E-state index in [4.69, 9.17) is 5.73 Å². The molecule has 22 heavy (non-hydrogen) atoms. The van der Waals surface area contributed by atoms with Crippen LogP contribution in [-0.4, -0.2) is 22.0 Å². The summed E-state index contributed by atoms with van der Waals surface area (Å²) in [6.07, 6.45) is 13.9. The standard InChI is InChI=1S/C19H29NO2/c1-17-8-4-3-5-12(17)11-15(20)16-13(17)6-9-18(2)14(16)7-10-19(18,21)22/h4,7-8,10,12-16,21-22H,3,5-6,9,11,20H2,1-2H3/t12?,13-,14+,15?,16-,17+,18+/m1/s1. The molecule has 2 fully saturated rings. The second-order valence-corrected chi connectivity index (χ2v) is 8.69. The molecule has 3 nitrogen and oxygen atoms in total. The number of nitrogens with two attached hydrogens (primary N) is 1. The lowest BCUT2D eigenvalue weighted by Crippen LogP contribution is -2.61. The summed E-state index contributed by atoms with van der Waals surface area (Å²) < 4.78 is 0. The summed E-state index contributed by atoms with van der Waals surface area (Å²) in [5.41, 5.74) is 6.40. The van der Waals surface area contributed by atoms with E-state index in [1.165, 1.54) is 12.8 Å². The second kappa shape index (κ2) is 4.46. The zero-order valence-electron chi connectivity index (χ0n) is 13.7. The molecule has 0 aromatic rings. The molecule has 0 spiro atoms. The topological polar surface area (TPSA) is 66.5 Å². The van der Waals surface area contributed by atoms with Gasteiger partial charge >= 0.3 is 0 Å². The first-order valence-corrected chi connectivity index (χ1v) is 8.87. The maximum absolute atomic E-state index is 10.4. The van der Waals surface area contributed by atoms with Crippen LogP contribution in [0.3, 0.4) is 0 Å². The van der Waals surface area contributed by atoms with Crippen LogP contribution in [-0.2, 0) is 0 Å². The highest BCUT2D eigenvalue weighted by molar-refractivity contribution is 5.25. The molecule has 4 N–H and O–H groups in total. The van der Waals surface area contributed by atoms with E-state index < -0.39 is 11.2 Å². The quantitative estimate of drug-likeness (QED) is 0.476. The Morgan fingerprint density at radius 1 is 1.14 bits per heavy atom. The van der Waals surface area contributed by atoms with Gasteiger partial charge in [0.2, 0.25) is 0 Å². The SMILES string of the molecule is C[C@]12C=CCCC1CC(N)[C@@H]1[C@H]2CC[C@@]2(C)[C@H]1C=CC2(O)O. The zero-order valence-corrected chi connectivity index (χ0v) is 13.7. The third-order valence-electron chi connectivity index (χ3n) is 7.85. The normalized spacial score (nSPS) is 55.4. The number of rotatable bonds is 0. The minimum atomic E-state index is -1.68. The van der Waals surface area contributed by atoms with E-state index >= 15 is 0 Å². The molecular weight excluding hydrogens is 274 g/mol. The Kier molecular flexibility index (Phi) is 3.03. The first-order chi connectivity index (χ1) is 10.3. The van der Waals surface area contributed by atoms with Crippen LogP contribution in [0.15, 0.2) is 24.3 Å². The number of allylic oxidation sites excluding steroid dienone is 3. The van der Waals surface area contributed by atoms with E-state index in [-0.39, 0.29) is 17.4 Å². The fraction of sp³-hybridized carbons (Fsp3) is 0.789. The van der Waals surface area contributed by atoms with E-state index in [0.29, 0.717) is 17.8 Å². The van der Waals surface area contributed by atoms with Crippen molar-refractivity contribution < 1.29 is 10.2 Å². The van der Waals surface area contributed by atoms with E-state index in [2.05, 4.69) is 19.1 Å². The lowest BCUT2D eigenvalue weighted by molar-refractivity contribution is -0.231. The molecule has 4 aliphatic carbocycles. The van der Waals surface area contributed by atoms with Gasteiger partial charge in [0.25, 0.3) is 0 Å². The Morgan fingerprint density at radius 2 is 1.91 bits per heavy atom. The van der Waals surface area contributed by atoms with E-state index in [0.717, 1.165) is 19.3 Å². The minimum Gasteiger partial charge on any atom is -0.362 e. The van der Waals surface area contributed by atoms with E-state index in [1.54, 1.807) is 6.08 Å². The van der Waals surface area contributed by atoms with Crippen molar-refractivity contribution in [1.82, 2.24) is 0 Å². The van der Waals surface area contributed by atoms with Gasteiger partial charge in [-0.1, -0.05) is 32.1 Å². The lowest BCUT2D eigenvalue weighted by atomic mass is 9.45. The predicted octanol–water partition coefficient (Wildman–Crippen LogP) is 2.59. The van der Waals surface area contributed by atoms with Gasteiger partial charge in [0, 0.05) is 11.5 Å². The Morgan fingerprint density at radius 3 is 2.68 bits per heavy atom. The van der Waals surface area contributed by atoms with Gasteiger partial charge in [0.05, 0.1) is 0 Å². The summed E-state index contributed by atoms with van der Waals surface area (Å²) in [6, 6.07) is 0.178. The highest BCUT2D eigenvalue weighted by Crippen LogP contribution is 2.64. The molecule has 4 rings (SSSR count). The maximum atomic E-state index is 10.4. The molecule has 4 aliphatic rings. The number of hydrogen-bond acceptors (Lipinski definition) is 3. The average Bonchev–Trinajstić information content (AvgIpc) is 2.70. The molecule has 0 saturated heterocycles. The summed E-state index contributed by atoms with van der Waals surface area (Å²) in [7, 11) is 0. The molecule has 0 radical (unpaired) electrons. The smallest absolute Gasteiger partial charge is 0.188 e. The molecule has 0 amide bonds. The predicted molar refractivity (Wildman–Crippen MR) is 86.7 cm³/mol. The van der Waals surface area contributed by atoms with Gasteiger partial charge in [-0.25, -0.2) is 0 Å². The summed E-state index contributed by atoms with van der Waals surface area (Å²) in [6.45, 7) is 4.45. The molecule has 0 bridgehead atoms. The van der Waals surface area contributed by atoms with Gasteiger partial charge < -0.3 is 15.9 Å². The molecule has 3 heteroatoms. The highest BCUT2D eigenvalue weighted by atomic mass is 16.5. The van der Waals surface area contributed by atoms with Crippen molar-refractivity contribution in [2.75, 3.05) is 0 Å². The van der Waals surface area contributed by atoms with Crippen molar-refractivity contribution in [3.8, 4) is 0 Å². The van der Waals surface area contributed by atoms with Gasteiger partial charge in [-0.15, -0.1) is 0 Å². The minimum absolute atomic E-state index is 0.178. The summed E-state index contributed by atoms with van der Waals surface area (Å²) in [5.74, 6) is 0.123. The van der Waals surface area contributed by atoms with Crippen LogP contribution >= 0.6 is 0 Å². The van der Waals surface area contributed by atoms with Crippen molar-refractivity contribution >= 4 is 0 Å². The molecule has 0 aromatic heterocycles. The fourth-order valence-electron chi connectivity index (χ4n) is 6.34. The molecule has 0 aliphatic heterocycles. The van der Waals surface area contributed by atoms with Crippen molar-refractivity contribution in [2.45, 2.75) is 57.8 Å². The highest BCUT2D eigenvalue weighted by Gasteiger charge is 2.63. The lowest BCUT2D eigenvalue weighted by Gasteiger charge is -2.61. The van der Waals surface area contributed by atoms with Crippen LogP contribution in [0.4, 0.5) is 0 Å². The Balaban J connectivity index is 1.75. The summed E-state index contributed by atoms with van der Waals surface area (Å²) >= 11 is 0. The fourth-order valence-corrected chi connectivity index (χ4v) is 6.34. The first kappa shape index (κ1) is 14.9. The molecule has 2 unspecified atom stereocenters. The summed E-state index contributed by atoms with van der Waals surface area (Å²) in [5, 5.41) is 20.9. The van der Waals surface area contributed by atoms with Gasteiger partial charge in [-0.05, 0) is 67.3 Å². The largest absolute Gasteiger partial charge is 0.362 e. The van der Waals surface area contributed by atoms with E-state index in [9.17, 15) is 10.2 Å². The first-order valence-electron chi connectivity index (χ1n) is 8.87. The molecule has 0 heterocycles. The van der Waals surface area contributed by atoms with Crippen LogP contribution in [0.1, 0.15) is 46.0 Å². The van der Waals surface area contributed by atoms with Crippen LogP contribution in [0.25, 0.3) is 0 Å². The van der Waals surface area contributed by atoms with Gasteiger partial charge in [0.15, 0.2) is 5.79 Å². The van der Waals surface area contributed by atoms with Crippen molar-refractivity contribution in [2.24, 2.45) is 40.2 Å². The van der Waals surface area contributed by atoms with Crippen LogP contribution < -0.4 is 5.73 Å². The summed E-state index contributed by atoms with van der Waals surface area (Å²) in [4.78, 5) is 0. The second-order valence-electron chi connectivity index (χ2n) is 8.69. The maximum Gasteiger partial charge on any atom is 0.188 e. The van der Waals surface area contributed by atoms with Crippen LogP contribution in [0, 0.1) is 34.5 Å². The third-order valence-corrected chi connectivity index (χ3v) is 7.85. The molecular formula is C19H29NO2. The molecule has 7 atom stereocenters. The van der Waals surface area contributed by atoms with Crippen molar-refractivity contribution in [3.63, 3.8) is 0 Å². The molecule has 0 aromatic carbocycles.